The summed E-state index contributed by atoms with van der Waals surface area (Å²) in [6.45, 7) is 1.82. The summed E-state index contributed by atoms with van der Waals surface area (Å²) in [7, 11) is 0. The lowest BCUT2D eigenvalue weighted by atomic mass is 10.2. The van der Waals surface area contributed by atoms with Crippen LogP contribution in [0.3, 0.4) is 0 Å². The highest BCUT2D eigenvalue weighted by atomic mass is 35.5. The third kappa shape index (κ3) is 2.71. The van der Waals surface area contributed by atoms with Crippen LogP contribution in [0.1, 0.15) is 12.5 Å². The molecular weight excluding hydrogens is 189 g/mol. The lowest BCUT2D eigenvalue weighted by Gasteiger charge is -1.97. The number of nitrogens with zero attached hydrogens (tertiary/aromatic N) is 1. The lowest BCUT2D eigenvalue weighted by molar-refractivity contribution is 0.609. The van der Waals surface area contributed by atoms with E-state index in [-0.39, 0.29) is 5.15 Å². The predicted octanol–water partition coefficient (Wildman–Crippen LogP) is 2.64. The molecule has 3 heteroatoms. The molecule has 67 valence electrons. The first kappa shape index (κ1) is 10.0. The monoisotopic (exact) mass is 196 g/mol. The van der Waals surface area contributed by atoms with Crippen molar-refractivity contribution in [3.05, 3.63) is 35.2 Å². The van der Waals surface area contributed by atoms with E-state index in [1.54, 1.807) is 12.5 Å². The van der Waals surface area contributed by atoms with Crippen LogP contribution >= 0.6 is 11.6 Å². The molecule has 0 unspecified atom stereocenters. The van der Waals surface area contributed by atoms with Crippen molar-refractivity contribution >= 4 is 11.6 Å². The Morgan fingerprint density at radius 1 is 1.69 bits per heavy atom. The Morgan fingerprint density at radius 2 is 2.46 bits per heavy atom. The van der Waals surface area contributed by atoms with Gasteiger partial charge in [0.05, 0.1) is 0 Å². The Morgan fingerprint density at radius 3 is 3.15 bits per heavy atom. The van der Waals surface area contributed by atoms with Crippen LogP contribution in [0.5, 0.6) is 0 Å². The van der Waals surface area contributed by atoms with E-state index in [0.717, 1.165) is 0 Å². The highest BCUT2D eigenvalue weighted by molar-refractivity contribution is 6.29. The molecule has 0 aromatic carbocycles. The van der Waals surface area contributed by atoms with Crippen molar-refractivity contribution in [2.24, 2.45) is 0 Å². The van der Waals surface area contributed by atoms with Crippen molar-refractivity contribution in [1.82, 2.24) is 4.98 Å². The molecular formula is C10H8ClFN. The number of aromatic nitrogens is 1. The SMILES string of the molecule is C[CH]C#CCc1ccnc(Cl)c1F. The molecule has 0 N–H and O–H groups in total. The van der Waals surface area contributed by atoms with Gasteiger partial charge in [0.15, 0.2) is 11.0 Å². The summed E-state index contributed by atoms with van der Waals surface area (Å²) in [5, 5.41) is -0.0974. The number of hydrogen-bond acceptors (Lipinski definition) is 1. The van der Waals surface area contributed by atoms with Gasteiger partial charge in [-0.25, -0.2) is 9.37 Å². The maximum Gasteiger partial charge on any atom is 0.165 e. The molecule has 0 saturated carbocycles. The summed E-state index contributed by atoms with van der Waals surface area (Å²) in [5.74, 6) is 5.05. The summed E-state index contributed by atoms with van der Waals surface area (Å²) in [6.07, 6.45) is 3.54. The van der Waals surface area contributed by atoms with Crippen molar-refractivity contribution in [2.75, 3.05) is 0 Å². The highest BCUT2D eigenvalue weighted by Gasteiger charge is 2.04. The fourth-order valence-corrected chi connectivity index (χ4v) is 1.02. The lowest BCUT2D eigenvalue weighted by Crippen LogP contribution is -1.91. The van der Waals surface area contributed by atoms with Gasteiger partial charge in [-0.2, -0.15) is 0 Å². The van der Waals surface area contributed by atoms with E-state index in [0.29, 0.717) is 12.0 Å². The van der Waals surface area contributed by atoms with Crippen molar-refractivity contribution in [3.8, 4) is 11.8 Å². The smallest absolute Gasteiger partial charge is 0.165 e. The fourth-order valence-electron chi connectivity index (χ4n) is 0.840. The number of halogens is 2. The summed E-state index contributed by atoms with van der Waals surface area (Å²) in [6, 6.07) is 1.57. The topological polar surface area (TPSA) is 12.9 Å². The molecule has 0 amide bonds. The molecule has 1 aromatic heterocycles. The van der Waals surface area contributed by atoms with E-state index in [1.165, 1.54) is 6.20 Å². The molecule has 0 spiro atoms. The minimum Gasteiger partial charge on any atom is -0.242 e. The van der Waals surface area contributed by atoms with Crippen molar-refractivity contribution in [2.45, 2.75) is 13.3 Å². The van der Waals surface area contributed by atoms with Gasteiger partial charge in [0, 0.05) is 24.6 Å². The number of hydrogen-bond donors (Lipinski definition) is 0. The minimum atomic E-state index is -0.477. The zero-order valence-electron chi connectivity index (χ0n) is 7.14. The molecule has 0 aliphatic rings. The third-order valence-electron chi connectivity index (χ3n) is 1.45. The van der Waals surface area contributed by atoms with Crippen molar-refractivity contribution in [1.29, 1.82) is 0 Å². The van der Waals surface area contributed by atoms with Crippen molar-refractivity contribution < 1.29 is 4.39 Å². The summed E-state index contributed by atoms with van der Waals surface area (Å²) in [4.78, 5) is 3.60. The molecule has 13 heavy (non-hydrogen) atoms. The van der Waals surface area contributed by atoms with E-state index in [4.69, 9.17) is 11.6 Å². The van der Waals surface area contributed by atoms with Gasteiger partial charge < -0.3 is 0 Å². The molecule has 1 heterocycles. The molecule has 1 rings (SSSR count). The first-order valence-corrected chi connectivity index (χ1v) is 4.18. The van der Waals surface area contributed by atoms with Gasteiger partial charge in [0.2, 0.25) is 0 Å². The van der Waals surface area contributed by atoms with Crippen LogP contribution in [0, 0.1) is 24.1 Å². The van der Waals surface area contributed by atoms with Gasteiger partial charge in [-0.05, 0) is 6.07 Å². The van der Waals surface area contributed by atoms with E-state index < -0.39 is 5.82 Å². The molecule has 0 atom stereocenters. The van der Waals surface area contributed by atoms with E-state index in [2.05, 4.69) is 16.8 Å². The largest absolute Gasteiger partial charge is 0.242 e. The van der Waals surface area contributed by atoms with Gasteiger partial charge >= 0.3 is 0 Å². The first-order chi connectivity index (χ1) is 6.25. The van der Waals surface area contributed by atoms with Crippen LogP contribution in [0.15, 0.2) is 12.3 Å². The van der Waals surface area contributed by atoms with E-state index in [9.17, 15) is 4.39 Å². The van der Waals surface area contributed by atoms with Crippen LogP contribution in [0.4, 0.5) is 4.39 Å². The zero-order valence-corrected chi connectivity index (χ0v) is 7.90. The van der Waals surface area contributed by atoms with Crippen molar-refractivity contribution in [3.63, 3.8) is 0 Å². The second-order valence-electron chi connectivity index (χ2n) is 2.36. The molecule has 0 aliphatic heterocycles. The summed E-state index contributed by atoms with van der Waals surface area (Å²) < 4.78 is 13.2. The fraction of sp³-hybridized carbons (Fsp3) is 0.200. The molecule has 0 bridgehead atoms. The molecule has 1 nitrogen and oxygen atoms in total. The van der Waals surface area contributed by atoms with Gasteiger partial charge in [0.25, 0.3) is 0 Å². The van der Waals surface area contributed by atoms with Gasteiger partial charge in [0.1, 0.15) is 0 Å². The van der Waals surface area contributed by atoms with Crippen LogP contribution in [-0.2, 0) is 6.42 Å². The maximum absolute atomic E-state index is 13.2. The van der Waals surface area contributed by atoms with Gasteiger partial charge in [-0.15, -0.1) is 0 Å². The van der Waals surface area contributed by atoms with Gasteiger partial charge in [-0.3, -0.25) is 0 Å². The summed E-state index contributed by atoms with van der Waals surface area (Å²) >= 11 is 5.48. The Bertz CT molecular complexity index is 352. The quantitative estimate of drug-likeness (QED) is 0.497. The Hall–Kier alpha value is -1.07. The Balaban J connectivity index is 2.83. The summed E-state index contributed by atoms with van der Waals surface area (Å²) in [5.41, 5.74) is 0.481. The predicted molar refractivity (Wildman–Crippen MR) is 50.7 cm³/mol. The number of rotatable bonds is 1. The molecule has 1 radical (unpaired) electrons. The maximum atomic E-state index is 13.2. The Labute approximate surface area is 81.9 Å². The van der Waals surface area contributed by atoms with E-state index >= 15 is 0 Å². The second kappa shape index (κ2) is 4.84. The van der Waals surface area contributed by atoms with Crippen LogP contribution in [0.25, 0.3) is 0 Å². The molecule has 0 saturated heterocycles. The number of pyridine rings is 1. The van der Waals surface area contributed by atoms with E-state index in [1.807, 2.05) is 6.92 Å². The van der Waals surface area contributed by atoms with Gasteiger partial charge in [-0.1, -0.05) is 30.4 Å². The van der Waals surface area contributed by atoms with Crippen LogP contribution in [-0.4, -0.2) is 4.98 Å². The normalized spacial score (nSPS) is 9.15. The average Bonchev–Trinajstić information content (AvgIpc) is 2.13. The zero-order chi connectivity index (χ0) is 9.68. The first-order valence-electron chi connectivity index (χ1n) is 3.80. The third-order valence-corrected chi connectivity index (χ3v) is 1.72. The van der Waals surface area contributed by atoms with Crippen LogP contribution < -0.4 is 0 Å². The minimum absolute atomic E-state index is 0.0974. The molecule has 0 aliphatic carbocycles. The second-order valence-corrected chi connectivity index (χ2v) is 2.72. The molecule has 0 fully saturated rings. The average molecular weight is 197 g/mol. The van der Waals surface area contributed by atoms with Crippen LogP contribution in [0.2, 0.25) is 5.15 Å². The highest BCUT2D eigenvalue weighted by Crippen LogP contribution is 2.14. The molecule has 1 aromatic rings. The Kier molecular flexibility index (Phi) is 3.72. The standard InChI is InChI=1S/C10H8ClFN/c1-2-3-4-5-8-6-7-13-10(11)9(8)12/h2,6-7H,5H2,1H3.